The summed E-state index contributed by atoms with van der Waals surface area (Å²) >= 11 is 1.71. The lowest BCUT2D eigenvalue weighted by Crippen LogP contribution is -2.36. The van der Waals surface area contributed by atoms with Crippen molar-refractivity contribution in [3.8, 4) is 5.69 Å². The van der Waals surface area contributed by atoms with Gasteiger partial charge in [0.05, 0.1) is 25.1 Å². The van der Waals surface area contributed by atoms with E-state index < -0.39 is 11.6 Å². The number of hydrogen-bond acceptors (Lipinski definition) is 6. The molecule has 1 aromatic carbocycles. The van der Waals surface area contributed by atoms with Crippen LogP contribution in [0.3, 0.4) is 0 Å². The van der Waals surface area contributed by atoms with Crippen molar-refractivity contribution in [2.75, 3.05) is 31.2 Å². The summed E-state index contributed by atoms with van der Waals surface area (Å²) < 4.78 is 34.4. The summed E-state index contributed by atoms with van der Waals surface area (Å²) in [7, 11) is 0. The zero-order valence-electron chi connectivity index (χ0n) is 16.5. The summed E-state index contributed by atoms with van der Waals surface area (Å²) in [5.41, 5.74) is 2.54. The highest BCUT2D eigenvalue weighted by molar-refractivity contribution is 7.15. The highest BCUT2D eigenvalue weighted by Crippen LogP contribution is 2.32. The van der Waals surface area contributed by atoms with Crippen molar-refractivity contribution in [3.63, 3.8) is 0 Å². The van der Waals surface area contributed by atoms with Crippen molar-refractivity contribution in [2.45, 2.75) is 31.8 Å². The van der Waals surface area contributed by atoms with Crippen LogP contribution in [0, 0.1) is 11.6 Å². The number of ether oxygens (including phenoxy) is 1. The second-order valence-electron chi connectivity index (χ2n) is 7.62. The fraction of sp³-hybridized carbons (Fsp3) is 0.429. The summed E-state index contributed by atoms with van der Waals surface area (Å²) in [4.78, 5) is 8.02. The SMILES string of the molecule is Fc1cc(F)cc(-n2ncc3c2CCCC3NCc2cnc(N3CCOCC3)s2)c1. The number of fused-ring (bicyclic) bond motifs is 1. The van der Waals surface area contributed by atoms with Gasteiger partial charge in [-0.3, -0.25) is 0 Å². The van der Waals surface area contributed by atoms with Gasteiger partial charge in [-0.1, -0.05) is 0 Å². The molecular formula is C21H23F2N5OS. The molecule has 0 bridgehead atoms. The van der Waals surface area contributed by atoms with Gasteiger partial charge in [0.2, 0.25) is 0 Å². The van der Waals surface area contributed by atoms with E-state index in [-0.39, 0.29) is 6.04 Å². The lowest BCUT2D eigenvalue weighted by atomic mass is 9.93. The zero-order chi connectivity index (χ0) is 20.5. The third-order valence-electron chi connectivity index (χ3n) is 5.62. The molecule has 1 fully saturated rings. The van der Waals surface area contributed by atoms with Crippen molar-refractivity contribution < 1.29 is 13.5 Å². The van der Waals surface area contributed by atoms with Gasteiger partial charge in [0.1, 0.15) is 11.6 Å². The highest BCUT2D eigenvalue weighted by Gasteiger charge is 2.25. The Morgan fingerprint density at radius 3 is 2.73 bits per heavy atom. The van der Waals surface area contributed by atoms with Crippen LogP contribution in [0.5, 0.6) is 0 Å². The Morgan fingerprint density at radius 1 is 1.13 bits per heavy atom. The monoisotopic (exact) mass is 431 g/mol. The van der Waals surface area contributed by atoms with Crippen molar-refractivity contribution in [1.82, 2.24) is 20.1 Å². The summed E-state index contributed by atoms with van der Waals surface area (Å²) in [6.07, 6.45) is 6.60. The number of thiazole rings is 1. The Labute approximate surface area is 177 Å². The Morgan fingerprint density at radius 2 is 1.93 bits per heavy atom. The molecule has 5 rings (SSSR count). The number of morpholine rings is 1. The summed E-state index contributed by atoms with van der Waals surface area (Å²) in [6, 6.07) is 3.68. The largest absolute Gasteiger partial charge is 0.378 e. The molecule has 1 N–H and O–H groups in total. The van der Waals surface area contributed by atoms with Gasteiger partial charge in [-0.25, -0.2) is 18.4 Å². The van der Waals surface area contributed by atoms with E-state index in [1.165, 1.54) is 17.0 Å². The van der Waals surface area contributed by atoms with Crippen LogP contribution in [0.1, 0.15) is 35.0 Å². The van der Waals surface area contributed by atoms with Crippen molar-refractivity contribution in [3.05, 3.63) is 58.4 Å². The number of aromatic nitrogens is 3. The molecule has 1 saturated heterocycles. The molecule has 1 aliphatic heterocycles. The van der Waals surface area contributed by atoms with Gasteiger partial charge in [-0.05, 0) is 31.4 Å². The number of hydrogen-bond donors (Lipinski definition) is 1. The van der Waals surface area contributed by atoms with Gasteiger partial charge in [0.15, 0.2) is 5.13 Å². The van der Waals surface area contributed by atoms with E-state index in [0.717, 1.165) is 74.6 Å². The highest BCUT2D eigenvalue weighted by atomic mass is 32.1. The van der Waals surface area contributed by atoms with E-state index in [2.05, 4.69) is 20.3 Å². The topological polar surface area (TPSA) is 55.2 Å². The number of nitrogens with zero attached hydrogens (tertiary/aromatic N) is 4. The first-order valence-corrected chi connectivity index (χ1v) is 11.0. The smallest absolute Gasteiger partial charge is 0.185 e. The Kier molecular flexibility index (Phi) is 5.49. The predicted octanol–water partition coefficient (Wildman–Crippen LogP) is 3.61. The number of halogens is 2. The standard InChI is InChI=1S/C21H23F2N5OS/c22-14-8-15(23)10-16(9-14)28-20-3-1-2-19(18(20)13-26-28)24-11-17-12-25-21(30-17)27-4-6-29-7-5-27/h8-10,12-13,19,24H,1-7,11H2. The van der Waals surface area contributed by atoms with E-state index in [0.29, 0.717) is 5.69 Å². The molecule has 1 unspecified atom stereocenters. The van der Waals surface area contributed by atoms with Gasteiger partial charge in [-0.15, -0.1) is 11.3 Å². The van der Waals surface area contributed by atoms with Crippen LogP contribution >= 0.6 is 11.3 Å². The minimum atomic E-state index is -0.596. The van der Waals surface area contributed by atoms with E-state index in [4.69, 9.17) is 4.74 Å². The maximum absolute atomic E-state index is 13.7. The molecule has 0 amide bonds. The van der Waals surface area contributed by atoms with Gasteiger partial charge in [0, 0.05) is 54.1 Å². The van der Waals surface area contributed by atoms with Crippen LogP contribution in [0.4, 0.5) is 13.9 Å². The molecule has 158 valence electrons. The fourth-order valence-corrected chi connectivity index (χ4v) is 5.07. The van der Waals surface area contributed by atoms with Crippen LogP contribution < -0.4 is 10.2 Å². The molecule has 2 aliphatic rings. The maximum atomic E-state index is 13.7. The summed E-state index contributed by atoms with van der Waals surface area (Å²) in [5, 5.41) is 9.10. The van der Waals surface area contributed by atoms with E-state index in [1.54, 1.807) is 16.0 Å². The average Bonchev–Trinajstić information content (AvgIpc) is 3.40. The minimum Gasteiger partial charge on any atom is -0.378 e. The Bertz CT molecular complexity index is 1010. The van der Waals surface area contributed by atoms with E-state index in [1.807, 2.05) is 12.4 Å². The first-order valence-electron chi connectivity index (χ1n) is 10.2. The van der Waals surface area contributed by atoms with E-state index in [9.17, 15) is 8.78 Å². The molecule has 0 radical (unpaired) electrons. The number of rotatable bonds is 5. The first kappa shape index (κ1) is 19.6. The third kappa shape index (κ3) is 3.97. The molecule has 9 heteroatoms. The van der Waals surface area contributed by atoms with Gasteiger partial charge in [0.25, 0.3) is 0 Å². The molecule has 1 aliphatic carbocycles. The molecule has 1 atom stereocenters. The molecule has 3 heterocycles. The maximum Gasteiger partial charge on any atom is 0.185 e. The molecule has 30 heavy (non-hydrogen) atoms. The van der Waals surface area contributed by atoms with E-state index >= 15 is 0 Å². The zero-order valence-corrected chi connectivity index (χ0v) is 17.3. The van der Waals surface area contributed by atoms with Crippen molar-refractivity contribution >= 4 is 16.5 Å². The van der Waals surface area contributed by atoms with Crippen molar-refractivity contribution in [2.24, 2.45) is 0 Å². The molecule has 3 aromatic rings. The summed E-state index contributed by atoms with van der Waals surface area (Å²) in [6.45, 7) is 3.98. The lowest BCUT2D eigenvalue weighted by Gasteiger charge is -2.26. The van der Waals surface area contributed by atoms with Crippen LogP contribution in [-0.4, -0.2) is 41.1 Å². The molecule has 6 nitrogen and oxygen atoms in total. The minimum absolute atomic E-state index is 0.162. The first-order chi connectivity index (χ1) is 14.7. The number of nitrogens with one attached hydrogen (secondary N) is 1. The van der Waals surface area contributed by atoms with Crippen LogP contribution in [-0.2, 0) is 17.7 Å². The second kappa shape index (κ2) is 8.41. The van der Waals surface area contributed by atoms with Crippen LogP contribution in [0.15, 0.2) is 30.6 Å². The number of anilines is 1. The lowest BCUT2D eigenvalue weighted by molar-refractivity contribution is 0.122. The average molecular weight is 432 g/mol. The number of benzene rings is 1. The second-order valence-corrected chi connectivity index (χ2v) is 8.71. The molecule has 0 spiro atoms. The Hall–Kier alpha value is -2.36. The van der Waals surface area contributed by atoms with Crippen LogP contribution in [0.2, 0.25) is 0 Å². The van der Waals surface area contributed by atoms with Gasteiger partial charge in [-0.2, -0.15) is 5.10 Å². The van der Waals surface area contributed by atoms with Gasteiger partial charge < -0.3 is 15.0 Å². The van der Waals surface area contributed by atoms with Crippen molar-refractivity contribution in [1.29, 1.82) is 0 Å². The molecule has 0 saturated carbocycles. The normalized spacial score (nSPS) is 19.1. The fourth-order valence-electron chi connectivity index (χ4n) is 4.16. The predicted molar refractivity (Wildman–Crippen MR) is 111 cm³/mol. The summed E-state index contributed by atoms with van der Waals surface area (Å²) in [5.74, 6) is -1.19. The Balaban J connectivity index is 1.30. The van der Waals surface area contributed by atoms with Crippen LogP contribution in [0.25, 0.3) is 5.69 Å². The quantitative estimate of drug-likeness (QED) is 0.669. The third-order valence-corrected chi connectivity index (χ3v) is 6.68. The molecule has 2 aromatic heterocycles. The van der Waals surface area contributed by atoms with Gasteiger partial charge >= 0.3 is 0 Å². The molecular weight excluding hydrogens is 408 g/mol.